The van der Waals surface area contributed by atoms with E-state index in [4.69, 9.17) is 0 Å². The van der Waals surface area contributed by atoms with Crippen LogP contribution >= 0.6 is 0 Å². The van der Waals surface area contributed by atoms with Crippen LogP contribution in [0.5, 0.6) is 0 Å². The van der Waals surface area contributed by atoms with Gasteiger partial charge in [-0.2, -0.15) is 0 Å². The highest BCUT2D eigenvalue weighted by atomic mass is 32.2. The fourth-order valence-electron chi connectivity index (χ4n) is 3.17. The summed E-state index contributed by atoms with van der Waals surface area (Å²) in [6, 6.07) is 12.2. The Morgan fingerprint density at radius 2 is 1.47 bits per heavy atom. The Labute approximate surface area is 176 Å². The number of hydrogen-bond donors (Lipinski definition) is 3. The molecule has 3 amide bonds. The molecule has 0 aliphatic carbocycles. The Morgan fingerprint density at radius 1 is 0.900 bits per heavy atom. The number of nitrogens with zero attached hydrogens (tertiary/aromatic N) is 1. The van der Waals surface area contributed by atoms with Crippen molar-refractivity contribution in [3.05, 3.63) is 54.1 Å². The first kappa shape index (κ1) is 21.8. The molecule has 1 aliphatic rings. The smallest absolute Gasteiger partial charge is 0.321 e. The lowest BCUT2D eigenvalue weighted by Gasteiger charge is -2.18. The topological polar surface area (TPSA) is 108 Å². The molecule has 2 aromatic rings. The third-order valence-corrected chi connectivity index (χ3v) is 6.30. The quantitative estimate of drug-likeness (QED) is 0.654. The van der Waals surface area contributed by atoms with E-state index in [1.54, 1.807) is 43.0 Å². The molecule has 0 radical (unpaired) electrons. The van der Waals surface area contributed by atoms with Crippen LogP contribution in [0.15, 0.2) is 53.4 Å². The van der Waals surface area contributed by atoms with Crippen LogP contribution in [0.4, 0.5) is 16.2 Å². The van der Waals surface area contributed by atoms with Gasteiger partial charge in [0.15, 0.2) is 0 Å². The van der Waals surface area contributed by atoms with E-state index in [2.05, 4.69) is 15.4 Å². The van der Waals surface area contributed by atoms with Crippen molar-refractivity contribution in [1.82, 2.24) is 9.62 Å². The zero-order chi connectivity index (χ0) is 21.7. The molecule has 160 valence electrons. The summed E-state index contributed by atoms with van der Waals surface area (Å²) >= 11 is 0. The van der Waals surface area contributed by atoms with Gasteiger partial charge < -0.3 is 15.5 Å². The Kier molecular flexibility index (Phi) is 6.73. The van der Waals surface area contributed by atoms with E-state index in [0.717, 1.165) is 25.9 Å². The monoisotopic (exact) mass is 430 g/mol. The maximum absolute atomic E-state index is 12.6. The molecule has 2 aromatic carbocycles. The molecule has 1 heterocycles. The molecule has 0 spiro atoms. The van der Waals surface area contributed by atoms with Crippen molar-refractivity contribution in [2.45, 2.75) is 37.6 Å². The summed E-state index contributed by atoms with van der Waals surface area (Å²) < 4.78 is 26.9. The predicted molar refractivity (Wildman–Crippen MR) is 116 cm³/mol. The van der Waals surface area contributed by atoms with Gasteiger partial charge in [0.1, 0.15) is 0 Å². The molecule has 1 aliphatic heterocycles. The lowest BCUT2D eigenvalue weighted by atomic mass is 10.2. The third kappa shape index (κ3) is 5.37. The molecule has 1 fully saturated rings. The van der Waals surface area contributed by atoms with E-state index in [9.17, 15) is 18.0 Å². The summed E-state index contributed by atoms with van der Waals surface area (Å²) in [5.74, 6) is -0.404. The third-order valence-electron chi connectivity index (χ3n) is 4.63. The number of carbonyl (C=O) groups is 2. The number of urea groups is 1. The van der Waals surface area contributed by atoms with Gasteiger partial charge in [-0.05, 0) is 63.1 Å². The van der Waals surface area contributed by atoms with Gasteiger partial charge >= 0.3 is 6.03 Å². The highest BCUT2D eigenvalue weighted by Crippen LogP contribution is 2.23. The normalized spacial score (nSPS) is 14.0. The minimum atomic E-state index is -3.62. The largest absolute Gasteiger partial charge is 0.325 e. The van der Waals surface area contributed by atoms with Crippen molar-refractivity contribution in [2.75, 3.05) is 23.7 Å². The van der Waals surface area contributed by atoms with Crippen LogP contribution in [-0.2, 0) is 10.0 Å². The minimum absolute atomic E-state index is 0.0889. The van der Waals surface area contributed by atoms with E-state index < -0.39 is 15.9 Å². The Hall–Kier alpha value is -2.91. The van der Waals surface area contributed by atoms with Gasteiger partial charge in [0, 0.05) is 24.7 Å². The zero-order valence-electron chi connectivity index (χ0n) is 17.0. The van der Waals surface area contributed by atoms with Crippen LogP contribution < -0.4 is 15.4 Å². The Morgan fingerprint density at radius 3 is 2.03 bits per heavy atom. The molecule has 8 nitrogen and oxygen atoms in total. The van der Waals surface area contributed by atoms with Crippen molar-refractivity contribution >= 4 is 33.3 Å². The SMILES string of the molecule is CC(C)NS(=O)(=O)c1ccc(C(=O)Nc2ccccc2NC(=O)N2CCCC2)cc1. The molecule has 0 unspecified atom stereocenters. The number of nitrogens with one attached hydrogen (secondary N) is 3. The minimum Gasteiger partial charge on any atom is -0.325 e. The van der Waals surface area contributed by atoms with E-state index in [1.807, 2.05) is 0 Å². The molecular weight excluding hydrogens is 404 g/mol. The highest BCUT2D eigenvalue weighted by Gasteiger charge is 2.20. The Balaban J connectivity index is 1.71. The average Bonchev–Trinajstić information content (AvgIpc) is 3.23. The predicted octanol–water partition coefficient (Wildman–Crippen LogP) is 3.25. The molecule has 9 heteroatoms. The molecular formula is C21H26N4O4S. The molecule has 30 heavy (non-hydrogen) atoms. The van der Waals surface area contributed by atoms with Crippen LogP contribution in [0, 0.1) is 0 Å². The van der Waals surface area contributed by atoms with Crippen molar-refractivity contribution in [3.8, 4) is 0 Å². The molecule has 0 saturated carbocycles. The van der Waals surface area contributed by atoms with Crippen molar-refractivity contribution in [3.63, 3.8) is 0 Å². The second kappa shape index (κ2) is 9.27. The van der Waals surface area contributed by atoms with Crippen LogP contribution in [0.25, 0.3) is 0 Å². The number of para-hydroxylation sites is 2. The standard InChI is InChI=1S/C21H26N4O4S/c1-15(2)24-30(28,29)17-11-9-16(10-12-17)20(26)22-18-7-3-4-8-19(18)23-21(27)25-13-5-6-14-25/h3-4,7-12,15,24H,5-6,13-14H2,1-2H3,(H,22,26)(H,23,27). The van der Waals surface area contributed by atoms with Gasteiger partial charge in [0.05, 0.1) is 16.3 Å². The molecule has 3 rings (SSSR count). The Bertz CT molecular complexity index is 1010. The van der Waals surface area contributed by atoms with Crippen molar-refractivity contribution in [1.29, 1.82) is 0 Å². The molecule has 3 N–H and O–H groups in total. The zero-order valence-corrected chi connectivity index (χ0v) is 17.8. The second-order valence-corrected chi connectivity index (χ2v) is 9.14. The van der Waals surface area contributed by atoms with Gasteiger partial charge in [-0.1, -0.05) is 12.1 Å². The van der Waals surface area contributed by atoms with Gasteiger partial charge in [-0.25, -0.2) is 17.9 Å². The lowest BCUT2D eigenvalue weighted by Crippen LogP contribution is -2.32. The summed E-state index contributed by atoms with van der Waals surface area (Å²) in [6.07, 6.45) is 1.98. The van der Waals surface area contributed by atoms with Crippen LogP contribution in [0.3, 0.4) is 0 Å². The first-order valence-corrected chi connectivity index (χ1v) is 11.3. The first-order valence-electron chi connectivity index (χ1n) is 9.85. The number of benzene rings is 2. The van der Waals surface area contributed by atoms with Gasteiger partial charge in [0.25, 0.3) is 5.91 Å². The maximum atomic E-state index is 12.6. The van der Waals surface area contributed by atoms with E-state index in [1.165, 1.54) is 24.3 Å². The van der Waals surface area contributed by atoms with Crippen LogP contribution in [0.2, 0.25) is 0 Å². The van der Waals surface area contributed by atoms with Crippen LogP contribution in [0.1, 0.15) is 37.0 Å². The number of sulfonamides is 1. The lowest BCUT2D eigenvalue weighted by molar-refractivity contribution is 0.102. The fourth-order valence-corrected chi connectivity index (χ4v) is 4.42. The summed E-state index contributed by atoms with van der Waals surface area (Å²) in [5, 5.41) is 5.62. The maximum Gasteiger partial charge on any atom is 0.321 e. The van der Waals surface area contributed by atoms with E-state index in [-0.39, 0.29) is 17.0 Å². The average molecular weight is 431 g/mol. The molecule has 0 bridgehead atoms. The van der Waals surface area contributed by atoms with Gasteiger partial charge in [0.2, 0.25) is 10.0 Å². The highest BCUT2D eigenvalue weighted by molar-refractivity contribution is 7.89. The van der Waals surface area contributed by atoms with Crippen molar-refractivity contribution in [2.24, 2.45) is 0 Å². The number of carbonyl (C=O) groups excluding carboxylic acids is 2. The summed E-state index contributed by atoms with van der Waals surface area (Å²) in [6.45, 7) is 4.92. The van der Waals surface area contributed by atoms with Gasteiger partial charge in [-0.3, -0.25) is 4.79 Å². The summed E-state index contributed by atoms with van der Waals surface area (Å²) in [5.41, 5.74) is 1.27. The molecule has 0 aromatic heterocycles. The second-order valence-electron chi connectivity index (χ2n) is 7.42. The summed E-state index contributed by atoms with van der Waals surface area (Å²) in [4.78, 5) is 26.8. The number of likely N-dealkylation sites (tertiary alicyclic amines) is 1. The van der Waals surface area contributed by atoms with Crippen molar-refractivity contribution < 1.29 is 18.0 Å². The molecule has 0 atom stereocenters. The molecule has 1 saturated heterocycles. The number of amides is 3. The van der Waals surface area contributed by atoms with E-state index >= 15 is 0 Å². The fraction of sp³-hybridized carbons (Fsp3) is 0.333. The van der Waals surface area contributed by atoms with Gasteiger partial charge in [-0.15, -0.1) is 0 Å². The number of hydrogen-bond acceptors (Lipinski definition) is 4. The first-order chi connectivity index (χ1) is 14.3. The van der Waals surface area contributed by atoms with E-state index in [0.29, 0.717) is 16.9 Å². The summed E-state index contributed by atoms with van der Waals surface area (Å²) in [7, 11) is -3.62. The van der Waals surface area contributed by atoms with Crippen LogP contribution in [-0.4, -0.2) is 44.4 Å². The number of rotatable bonds is 6. The number of anilines is 2.